The molecule has 0 aliphatic carbocycles. The largest absolute Gasteiger partial charge is 0.497 e. The lowest BCUT2D eigenvalue weighted by molar-refractivity contribution is -0.143. The summed E-state index contributed by atoms with van der Waals surface area (Å²) in [6.45, 7) is 1.39. The number of rotatable bonds is 8. The third kappa shape index (κ3) is 7.24. The number of alkyl halides is 6. The van der Waals surface area contributed by atoms with Gasteiger partial charge in [0.2, 0.25) is 0 Å². The quantitative estimate of drug-likeness (QED) is 0.274. The van der Waals surface area contributed by atoms with Gasteiger partial charge in [-0.2, -0.15) is 26.3 Å². The number of nitrogens with zero attached hydrogens (tertiary/aromatic N) is 1. The minimum absolute atomic E-state index is 0.127. The average Bonchev–Trinajstić information content (AvgIpc) is 2.91. The molecule has 1 heterocycles. The molecule has 10 heteroatoms. The van der Waals surface area contributed by atoms with Crippen LogP contribution in [0.2, 0.25) is 0 Å². The Morgan fingerprint density at radius 3 is 2.08 bits per heavy atom. The van der Waals surface area contributed by atoms with Crippen LogP contribution in [0, 0.1) is 0 Å². The van der Waals surface area contributed by atoms with E-state index in [1.807, 2.05) is 48.5 Å². The van der Waals surface area contributed by atoms with E-state index in [0.29, 0.717) is 31.8 Å². The maximum absolute atomic E-state index is 13.3. The maximum atomic E-state index is 13.3. The minimum atomic E-state index is -4.91. The van der Waals surface area contributed by atoms with E-state index in [-0.39, 0.29) is 24.2 Å². The summed E-state index contributed by atoms with van der Waals surface area (Å²) in [4.78, 5) is 2.22. The van der Waals surface area contributed by atoms with Gasteiger partial charge in [-0.05, 0) is 53.9 Å². The lowest BCUT2D eigenvalue weighted by Crippen LogP contribution is -2.42. The highest BCUT2D eigenvalue weighted by Crippen LogP contribution is 2.37. The van der Waals surface area contributed by atoms with Gasteiger partial charge < -0.3 is 14.2 Å². The number of piperidine rings is 1. The van der Waals surface area contributed by atoms with Crippen molar-refractivity contribution in [2.75, 3.05) is 27.3 Å². The van der Waals surface area contributed by atoms with Crippen LogP contribution in [-0.2, 0) is 30.2 Å². The van der Waals surface area contributed by atoms with Crippen molar-refractivity contribution in [3.05, 3.63) is 94.5 Å². The van der Waals surface area contributed by atoms with Crippen molar-refractivity contribution in [3.8, 4) is 11.5 Å². The summed E-state index contributed by atoms with van der Waals surface area (Å²) in [5.74, 6) is 1.27. The third-order valence-electron chi connectivity index (χ3n) is 6.85. The zero-order valence-corrected chi connectivity index (χ0v) is 21.5. The second kappa shape index (κ2) is 11.9. The topological polar surface area (TPSA) is 30.9 Å². The molecule has 3 aromatic carbocycles. The van der Waals surface area contributed by atoms with Gasteiger partial charge in [-0.3, -0.25) is 4.90 Å². The molecular formula is C29H29F6NO3. The van der Waals surface area contributed by atoms with Crippen molar-refractivity contribution in [3.63, 3.8) is 0 Å². The average molecular weight is 554 g/mol. The molecule has 2 atom stereocenters. The van der Waals surface area contributed by atoms with Gasteiger partial charge in [-0.1, -0.05) is 30.3 Å². The molecule has 210 valence electrons. The van der Waals surface area contributed by atoms with Crippen molar-refractivity contribution >= 4 is 0 Å². The Morgan fingerprint density at radius 2 is 1.49 bits per heavy atom. The summed E-state index contributed by atoms with van der Waals surface area (Å²) >= 11 is 0. The van der Waals surface area contributed by atoms with Gasteiger partial charge >= 0.3 is 12.4 Å². The molecule has 0 aromatic heterocycles. The van der Waals surface area contributed by atoms with Crippen molar-refractivity contribution in [1.29, 1.82) is 0 Å². The number of hydrogen-bond acceptors (Lipinski definition) is 4. The Balaban J connectivity index is 1.55. The van der Waals surface area contributed by atoms with E-state index in [9.17, 15) is 26.3 Å². The highest BCUT2D eigenvalue weighted by atomic mass is 19.4. The SMILES string of the molecule is COc1ccc(OC)c(CN2CC[C@@H](OCc3cc(C(F)(F)F)cc(C(F)(F)F)c3)[C@@H](c3ccccc3)C2)c1. The molecule has 1 fully saturated rings. The molecule has 4 nitrogen and oxygen atoms in total. The molecule has 0 radical (unpaired) electrons. The second-order valence-corrected chi connectivity index (χ2v) is 9.48. The highest BCUT2D eigenvalue weighted by molar-refractivity contribution is 5.40. The molecule has 3 aromatic rings. The molecule has 4 rings (SSSR count). The minimum Gasteiger partial charge on any atom is -0.497 e. The number of ether oxygens (including phenoxy) is 3. The normalized spacial score (nSPS) is 18.7. The fourth-order valence-electron chi connectivity index (χ4n) is 4.91. The van der Waals surface area contributed by atoms with Crippen LogP contribution in [0.3, 0.4) is 0 Å². The third-order valence-corrected chi connectivity index (χ3v) is 6.85. The van der Waals surface area contributed by atoms with Gasteiger partial charge in [0.25, 0.3) is 0 Å². The number of likely N-dealkylation sites (tertiary alicyclic amines) is 1. The van der Waals surface area contributed by atoms with Crippen LogP contribution in [-0.4, -0.2) is 38.3 Å². The van der Waals surface area contributed by atoms with Gasteiger partial charge in [0.05, 0.1) is 38.1 Å². The summed E-state index contributed by atoms with van der Waals surface area (Å²) < 4.78 is 96.7. The Bertz CT molecular complexity index is 1210. The van der Waals surface area contributed by atoms with Gasteiger partial charge in [-0.15, -0.1) is 0 Å². The summed E-state index contributed by atoms with van der Waals surface area (Å²) in [6.07, 6.45) is -9.68. The van der Waals surface area contributed by atoms with Gasteiger partial charge in [0.15, 0.2) is 0 Å². The zero-order chi connectivity index (χ0) is 28.2. The molecule has 1 aliphatic heterocycles. The molecule has 0 N–H and O–H groups in total. The molecule has 1 saturated heterocycles. The monoisotopic (exact) mass is 553 g/mol. The molecule has 0 saturated carbocycles. The van der Waals surface area contributed by atoms with Crippen molar-refractivity contribution in [2.24, 2.45) is 0 Å². The Hall–Kier alpha value is -3.24. The first-order chi connectivity index (χ1) is 18.5. The van der Waals surface area contributed by atoms with Gasteiger partial charge in [-0.25, -0.2) is 0 Å². The summed E-state index contributed by atoms with van der Waals surface area (Å²) in [5.41, 5.74) is -0.959. The number of methoxy groups -OCH3 is 2. The van der Waals surface area contributed by atoms with E-state index >= 15 is 0 Å². The molecule has 0 amide bonds. The summed E-state index contributed by atoms with van der Waals surface area (Å²) in [7, 11) is 3.18. The summed E-state index contributed by atoms with van der Waals surface area (Å²) in [6, 6.07) is 16.7. The molecule has 0 unspecified atom stereocenters. The smallest absolute Gasteiger partial charge is 0.416 e. The first kappa shape index (κ1) is 28.8. The fraction of sp³-hybridized carbons (Fsp3) is 0.379. The second-order valence-electron chi connectivity index (χ2n) is 9.48. The van der Waals surface area contributed by atoms with E-state index in [0.717, 1.165) is 29.0 Å². The number of hydrogen-bond donors (Lipinski definition) is 0. The zero-order valence-electron chi connectivity index (χ0n) is 21.5. The Kier molecular flexibility index (Phi) is 8.76. The van der Waals surface area contributed by atoms with Crippen LogP contribution in [0.4, 0.5) is 26.3 Å². The molecule has 0 bridgehead atoms. The maximum Gasteiger partial charge on any atom is 0.416 e. The van der Waals surface area contributed by atoms with Crippen LogP contribution in [0.15, 0.2) is 66.7 Å². The standard InChI is InChI=1S/C29H29F6NO3/c1-37-24-8-9-26(38-2)21(14-24)16-36-11-10-27(25(17-36)20-6-4-3-5-7-20)39-18-19-12-22(28(30,31)32)15-23(13-19)29(33,34)35/h3-9,12-15,25,27H,10-11,16-18H2,1-2H3/t25-,27-/m1/s1. The van der Waals surface area contributed by atoms with Gasteiger partial charge in [0, 0.05) is 31.1 Å². The van der Waals surface area contributed by atoms with Crippen LogP contribution in [0.1, 0.15) is 40.2 Å². The predicted molar refractivity (Wildman–Crippen MR) is 134 cm³/mol. The van der Waals surface area contributed by atoms with Crippen molar-refractivity contribution in [2.45, 2.75) is 43.9 Å². The van der Waals surface area contributed by atoms with Crippen LogP contribution < -0.4 is 9.47 Å². The molecule has 39 heavy (non-hydrogen) atoms. The predicted octanol–water partition coefficient (Wildman–Crippen LogP) is 7.32. The Morgan fingerprint density at radius 1 is 0.821 bits per heavy atom. The lowest BCUT2D eigenvalue weighted by atomic mass is 9.87. The number of benzene rings is 3. The van der Waals surface area contributed by atoms with E-state index in [1.54, 1.807) is 14.2 Å². The van der Waals surface area contributed by atoms with Gasteiger partial charge in [0.1, 0.15) is 11.5 Å². The van der Waals surface area contributed by atoms with Crippen molar-refractivity contribution < 1.29 is 40.6 Å². The van der Waals surface area contributed by atoms with Crippen molar-refractivity contribution in [1.82, 2.24) is 4.90 Å². The Labute approximate surface area is 223 Å². The van der Waals surface area contributed by atoms with Crippen LogP contribution >= 0.6 is 0 Å². The number of halogens is 6. The van der Waals surface area contributed by atoms with E-state index in [2.05, 4.69) is 4.90 Å². The fourth-order valence-corrected chi connectivity index (χ4v) is 4.91. The van der Waals surface area contributed by atoms with Crippen LogP contribution in [0.5, 0.6) is 11.5 Å². The van der Waals surface area contributed by atoms with E-state index in [1.165, 1.54) is 0 Å². The van der Waals surface area contributed by atoms with Crippen LogP contribution in [0.25, 0.3) is 0 Å². The molecule has 0 spiro atoms. The molecule has 1 aliphatic rings. The highest BCUT2D eigenvalue weighted by Gasteiger charge is 2.37. The molecular weight excluding hydrogens is 524 g/mol. The van der Waals surface area contributed by atoms with E-state index in [4.69, 9.17) is 14.2 Å². The lowest BCUT2D eigenvalue weighted by Gasteiger charge is -2.39. The first-order valence-electron chi connectivity index (χ1n) is 12.4. The first-order valence-corrected chi connectivity index (χ1v) is 12.4. The van der Waals surface area contributed by atoms with E-state index < -0.39 is 29.6 Å². The summed E-state index contributed by atoms with van der Waals surface area (Å²) in [5, 5.41) is 0.